The molecule has 1 aliphatic rings. The molecule has 0 amide bonds. The van der Waals surface area contributed by atoms with Crippen LogP contribution in [0.2, 0.25) is 0 Å². The molecule has 3 atom stereocenters. The number of nitrogens with zero attached hydrogens (tertiary/aromatic N) is 1. The van der Waals surface area contributed by atoms with Crippen LogP contribution in [0.1, 0.15) is 52.9 Å². The van der Waals surface area contributed by atoms with E-state index in [1.807, 2.05) is 0 Å². The molecule has 0 aromatic heterocycles. The van der Waals surface area contributed by atoms with Gasteiger partial charge in [0.15, 0.2) is 6.04 Å². The average molecular weight is 509 g/mol. The van der Waals surface area contributed by atoms with Crippen molar-refractivity contribution in [2.45, 2.75) is 77.2 Å². The van der Waals surface area contributed by atoms with Crippen molar-refractivity contribution in [3.05, 3.63) is 0 Å². The Bertz CT molecular complexity index is 710. The van der Waals surface area contributed by atoms with Crippen LogP contribution in [-0.2, 0) is 23.8 Å². The number of hydrogen-bond acceptors (Lipinski definition) is 8. The minimum absolute atomic E-state index is 0.0758. The summed E-state index contributed by atoms with van der Waals surface area (Å²) in [5.41, 5.74) is 0. The number of terminal acetylenes is 1. The van der Waals surface area contributed by atoms with Gasteiger partial charge in [0.2, 0.25) is 0 Å². The number of halogens is 3. The van der Waals surface area contributed by atoms with Gasteiger partial charge in [0.05, 0.1) is 24.9 Å². The first-order valence-corrected chi connectivity index (χ1v) is 12.5. The van der Waals surface area contributed by atoms with Crippen LogP contribution < -0.4 is 5.32 Å². The number of nitrogens with one attached hydrogen (secondary N) is 1. The number of carbonyl (C=O) groups is 2. The Morgan fingerprint density at radius 1 is 1.24 bits per heavy atom. The van der Waals surface area contributed by atoms with Gasteiger partial charge in [0, 0.05) is 24.6 Å². The molecule has 1 aliphatic heterocycles. The lowest BCUT2D eigenvalue weighted by molar-refractivity contribution is -0.200. The summed E-state index contributed by atoms with van der Waals surface area (Å²) >= 11 is 1.41. The van der Waals surface area contributed by atoms with E-state index in [-0.39, 0.29) is 31.6 Å². The summed E-state index contributed by atoms with van der Waals surface area (Å²) in [5.74, 6) is 0.735. The van der Waals surface area contributed by atoms with E-state index in [2.05, 4.69) is 34.8 Å². The Kier molecular flexibility index (Phi) is 14.2. The monoisotopic (exact) mass is 508 g/mol. The summed E-state index contributed by atoms with van der Waals surface area (Å²) in [6, 6.07) is -0.517. The number of aliphatic imine (C=N–C) groups is 1. The smallest absolute Gasteiger partial charge is 0.464 e. The molecular weight excluding hydrogens is 473 g/mol. The number of unbranched alkanes of at least 4 members (excludes halogenated alkanes) is 2. The zero-order valence-electron chi connectivity index (χ0n) is 20.0. The second-order valence-electron chi connectivity index (χ2n) is 8.09. The van der Waals surface area contributed by atoms with Gasteiger partial charge in [-0.15, -0.1) is 24.1 Å². The molecule has 0 bridgehead atoms. The zero-order valence-corrected chi connectivity index (χ0v) is 20.8. The van der Waals surface area contributed by atoms with Gasteiger partial charge < -0.3 is 19.5 Å². The number of hydrogen-bond donors (Lipinski definition) is 1. The molecule has 0 saturated carbocycles. The molecular formula is C23H35F3N2O5S. The minimum atomic E-state index is -5.02. The van der Waals surface area contributed by atoms with Gasteiger partial charge in [-0.05, 0) is 38.6 Å². The van der Waals surface area contributed by atoms with Crippen molar-refractivity contribution in [1.82, 2.24) is 5.32 Å². The second-order valence-corrected chi connectivity index (χ2v) is 9.13. The normalized spacial score (nSPS) is 17.7. The highest BCUT2D eigenvalue weighted by Crippen LogP contribution is 2.26. The molecule has 1 N–H and O–H groups in total. The van der Waals surface area contributed by atoms with Crippen LogP contribution in [0, 0.1) is 18.3 Å². The van der Waals surface area contributed by atoms with Crippen LogP contribution in [0.4, 0.5) is 13.2 Å². The summed E-state index contributed by atoms with van der Waals surface area (Å²) in [6.07, 6.45) is 3.08. The summed E-state index contributed by atoms with van der Waals surface area (Å²) in [4.78, 5) is 27.4. The highest BCUT2D eigenvalue weighted by Gasteiger charge is 2.40. The molecule has 0 aliphatic carbocycles. The van der Waals surface area contributed by atoms with Crippen LogP contribution in [0.15, 0.2) is 4.99 Å². The van der Waals surface area contributed by atoms with Crippen LogP contribution in [0.5, 0.6) is 0 Å². The zero-order chi connectivity index (χ0) is 25.6. The van der Waals surface area contributed by atoms with E-state index in [1.165, 1.54) is 11.8 Å². The standard InChI is InChI=1S/C23H35F3N2O5S/c1-5-7-8-9-11-27-17(16(3)4)14-19(20-28-18(15-34-20)21(29)31-6-2)32-12-10-13-33-22(30)23(24,25)26/h1,16-19,27H,6-15H2,2-4H3. The Balaban J connectivity index is 2.74. The van der Waals surface area contributed by atoms with Gasteiger partial charge in [-0.25, -0.2) is 9.59 Å². The average Bonchev–Trinajstić information content (AvgIpc) is 3.26. The van der Waals surface area contributed by atoms with E-state index >= 15 is 0 Å². The third-order valence-electron chi connectivity index (χ3n) is 5.01. The number of esters is 2. The van der Waals surface area contributed by atoms with E-state index in [4.69, 9.17) is 15.9 Å². The Morgan fingerprint density at radius 2 is 1.97 bits per heavy atom. The highest BCUT2D eigenvalue weighted by atomic mass is 32.2. The Hall–Kier alpha value is -1.77. The van der Waals surface area contributed by atoms with Crippen molar-refractivity contribution < 1.29 is 37.0 Å². The molecule has 1 rings (SSSR count). The first kappa shape index (κ1) is 30.3. The van der Waals surface area contributed by atoms with E-state index in [9.17, 15) is 22.8 Å². The van der Waals surface area contributed by atoms with Crippen molar-refractivity contribution in [2.75, 3.05) is 32.1 Å². The fourth-order valence-corrected chi connectivity index (χ4v) is 4.25. The molecule has 0 radical (unpaired) electrons. The van der Waals surface area contributed by atoms with Crippen LogP contribution >= 0.6 is 11.8 Å². The number of thioether (sulfide) groups is 1. The molecule has 34 heavy (non-hydrogen) atoms. The molecule has 7 nitrogen and oxygen atoms in total. The maximum atomic E-state index is 12.3. The quantitative estimate of drug-likeness (QED) is 0.193. The van der Waals surface area contributed by atoms with Gasteiger partial charge in [-0.1, -0.05) is 13.8 Å². The molecule has 0 aromatic carbocycles. The summed E-state index contributed by atoms with van der Waals surface area (Å²) in [6.45, 7) is 6.61. The van der Waals surface area contributed by atoms with Crippen molar-refractivity contribution >= 4 is 28.7 Å². The molecule has 1 heterocycles. The fraction of sp³-hybridized carbons (Fsp3) is 0.783. The van der Waals surface area contributed by atoms with Crippen LogP contribution in [0.25, 0.3) is 0 Å². The lowest BCUT2D eigenvalue weighted by Gasteiger charge is -2.27. The number of alkyl halides is 3. The molecule has 0 fully saturated rings. The third-order valence-corrected chi connectivity index (χ3v) is 6.15. The van der Waals surface area contributed by atoms with Gasteiger partial charge in [-0.2, -0.15) is 13.2 Å². The van der Waals surface area contributed by atoms with Crippen molar-refractivity contribution in [1.29, 1.82) is 0 Å². The van der Waals surface area contributed by atoms with E-state index < -0.39 is 36.9 Å². The Morgan fingerprint density at radius 3 is 2.59 bits per heavy atom. The maximum Gasteiger partial charge on any atom is 0.490 e. The van der Waals surface area contributed by atoms with Gasteiger partial charge >= 0.3 is 18.1 Å². The van der Waals surface area contributed by atoms with Crippen LogP contribution in [-0.4, -0.2) is 73.5 Å². The summed E-state index contributed by atoms with van der Waals surface area (Å²) in [7, 11) is 0. The summed E-state index contributed by atoms with van der Waals surface area (Å²) in [5, 5.41) is 4.18. The fourth-order valence-electron chi connectivity index (χ4n) is 3.16. The van der Waals surface area contributed by atoms with Gasteiger partial charge in [0.1, 0.15) is 6.10 Å². The first-order chi connectivity index (χ1) is 16.1. The van der Waals surface area contributed by atoms with E-state index in [0.29, 0.717) is 17.2 Å². The van der Waals surface area contributed by atoms with Crippen LogP contribution in [0.3, 0.4) is 0 Å². The van der Waals surface area contributed by atoms with Gasteiger partial charge in [0.25, 0.3) is 0 Å². The first-order valence-electron chi connectivity index (χ1n) is 11.5. The predicted octanol–water partition coefficient (Wildman–Crippen LogP) is 3.75. The number of ether oxygens (including phenoxy) is 3. The summed E-state index contributed by atoms with van der Waals surface area (Å²) < 4.78 is 52.0. The second kappa shape index (κ2) is 16.0. The molecule has 0 aromatic rings. The maximum absolute atomic E-state index is 12.3. The lowest BCUT2D eigenvalue weighted by atomic mass is 9.97. The van der Waals surface area contributed by atoms with Gasteiger partial charge in [-0.3, -0.25) is 4.99 Å². The molecule has 0 spiro atoms. The Labute approximate surface area is 203 Å². The van der Waals surface area contributed by atoms with Crippen molar-refractivity contribution in [3.63, 3.8) is 0 Å². The van der Waals surface area contributed by atoms with E-state index in [1.54, 1.807) is 6.92 Å². The molecule has 11 heteroatoms. The lowest BCUT2D eigenvalue weighted by Crippen LogP contribution is -2.40. The SMILES string of the molecule is C#CCCCCNC(CC(OCCCOC(=O)C(F)(F)F)C1=NC(C(=O)OCC)CS1)C(C)C. The minimum Gasteiger partial charge on any atom is -0.464 e. The largest absolute Gasteiger partial charge is 0.490 e. The van der Waals surface area contributed by atoms with Crippen molar-refractivity contribution in [3.8, 4) is 12.3 Å². The van der Waals surface area contributed by atoms with E-state index in [0.717, 1.165) is 25.8 Å². The number of carbonyl (C=O) groups excluding carboxylic acids is 2. The third kappa shape index (κ3) is 11.6. The molecule has 194 valence electrons. The topological polar surface area (TPSA) is 86.2 Å². The number of rotatable bonds is 16. The predicted molar refractivity (Wildman–Crippen MR) is 126 cm³/mol. The van der Waals surface area contributed by atoms with Crippen molar-refractivity contribution in [2.24, 2.45) is 10.9 Å². The molecule has 3 unspecified atom stereocenters. The highest BCUT2D eigenvalue weighted by molar-refractivity contribution is 8.14. The molecule has 0 saturated heterocycles.